The quantitative estimate of drug-likeness (QED) is 0.287. The van der Waals surface area contributed by atoms with Crippen LogP contribution in [0.1, 0.15) is 79.1 Å². The first kappa shape index (κ1) is 29.0. The van der Waals surface area contributed by atoms with Gasteiger partial charge in [0, 0.05) is 12.5 Å². The van der Waals surface area contributed by atoms with Crippen molar-refractivity contribution in [3.8, 4) is 0 Å². The Morgan fingerprint density at radius 2 is 1.69 bits per heavy atom. The highest BCUT2D eigenvalue weighted by Crippen LogP contribution is 2.35. The number of hydrogen-bond acceptors (Lipinski definition) is 9. The number of amides is 1. The predicted molar refractivity (Wildman–Crippen MR) is 128 cm³/mol. The van der Waals surface area contributed by atoms with Crippen molar-refractivity contribution in [3.05, 3.63) is 0 Å². The van der Waals surface area contributed by atoms with Crippen LogP contribution in [0.25, 0.3) is 0 Å². The molecule has 0 aromatic rings. The summed E-state index contributed by atoms with van der Waals surface area (Å²) in [5, 5.41) is 41.0. The van der Waals surface area contributed by atoms with Gasteiger partial charge in [-0.3, -0.25) is 9.59 Å². The molecule has 10 heteroatoms. The van der Waals surface area contributed by atoms with Gasteiger partial charge in [-0.2, -0.15) is 0 Å². The van der Waals surface area contributed by atoms with Crippen LogP contribution in [0.2, 0.25) is 0 Å². The monoisotopic (exact) mass is 513 g/mol. The molecule has 10 nitrogen and oxygen atoms in total. The summed E-state index contributed by atoms with van der Waals surface area (Å²) in [7, 11) is 0. The Labute approximate surface area is 212 Å². The van der Waals surface area contributed by atoms with Gasteiger partial charge in [-0.25, -0.2) is 4.79 Å². The molecule has 0 aromatic heterocycles. The molecule has 2 heterocycles. The molecule has 1 amide bonds. The standard InChI is InChI=1S/C26H43NO9/c1-14(13-18-10-11-20(28)22(30)21(18)29)17(4)35-25(33)19-7-5-6-12-27(19)24(32)23(31)26(34)15(2)8-9-16(3)36-26/h14-22,28-30,34H,5-13H2,1-4H3/t14-,15-,16?,17+,18+,19+,20-,21+,22+,26-/m1/s1. The van der Waals surface area contributed by atoms with Crippen LogP contribution in [-0.4, -0.2) is 91.9 Å². The number of hydrogen-bond donors (Lipinski definition) is 4. The van der Waals surface area contributed by atoms with Gasteiger partial charge in [-0.15, -0.1) is 0 Å². The van der Waals surface area contributed by atoms with Crippen LogP contribution in [0.5, 0.6) is 0 Å². The van der Waals surface area contributed by atoms with E-state index in [0.717, 1.165) is 0 Å². The average molecular weight is 514 g/mol. The molecule has 3 rings (SSSR count). The number of esters is 1. The largest absolute Gasteiger partial charge is 0.461 e. The summed E-state index contributed by atoms with van der Waals surface area (Å²) in [6.07, 6.45) is 0.275. The molecule has 206 valence electrons. The second kappa shape index (κ2) is 11.9. The molecule has 1 saturated carbocycles. The van der Waals surface area contributed by atoms with E-state index in [2.05, 4.69) is 0 Å². The predicted octanol–water partition coefficient (Wildman–Crippen LogP) is 0.911. The minimum atomic E-state index is -2.21. The van der Waals surface area contributed by atoms with E-state index in [9.17, 15) is 34.8 Å². The summed E-state index contributed by atoms with van der Waals surface area (Å²) >= 11 is 0. The lowest BCUT2D eigenvalue weighted by atomic mass is 9.77. The van der Waals surface area contributed by atoms with E-state index < -0.39 is 59.8 Å². The van der Waals surface area contributed by atoms with E-state index in [1.54, 1.807) is 20.8 Å². The Hall–Kier alpha value is -1.59. The molecule has 36 heavy (non-hydrogen) atoms. The molecular formula is C26H43NO9. The minimum Gasteiger partial charge on any atom is -0.461 e. The van der Waals surface area contributed by atoms with Crippen LogP contribution >= 0.6 is 0 Å². The minimum absolute atomic E-state index is 0.149. The maximum absolute atomic E-state index is 13.2. The van der Waals surface area contributed by atoms with E-state index in [1.165, 1.54) is 4.90 Å². The fourth-order valence-corrected chi connectivity index (χ4v) is 5.68. The van der Waals surface area contributed by atoms with Crippen LogP contribution in [0, 0.1) is 17.8 Å². The number of ether oxygens (including phenoxy) is 2. The molecule has 1 unspecified atom stereocenters. The van der Waals surface area contributed by atoms with Gasteiger partial charge in [0.1, 0.15) is 18.2 Å². The third kappa shape index (κ3) is 6.10. The topological polar surface area (TPSA) is 154 Å². The second-order valence-corrected chi connectivity index (χ2v) is 11.2. The molecule has 4 N–H and O–H groups in total. The first-order chi connectivity index (χ1) is 16.9. The van der Waals surface area contributed by atoms with Crippen LogP contribution in [0.15, 0.2) is 0 Å². The Kier molecular flexibility index (Phi) is 9.54. The van der Waals surface area contributed by atoms with Crippen LogP contribution in [0.3, 0.4) is 0 Å². The molecule has 0 bridgehead atoms. The lowest BCUT2D eigenvalue weighted by Crippen LogP contribution is -2.60. The van der Waals surface area contributed by atoms with Crippen molar-refractivity contribution >= 4 is 17.7 Å². The third-order valence-corrected chi connectivity index (χ3v) is 8.45. The Bertz CT molecular complexity index is 806. The highest BCUT2D eigenvalue weighted by molar-refractivity contribution is 6.39. The normalized spacial score (nSPS) is 39.2. The molecule has 3 fully saturated rings. The number of aliphatic hydroxyl groups is 4. The fraction of sp³-hybridized carbons (Fsp3) is 0.885. The number of Topliss-reactive ketones (excluding diaryl/α,β-unsaturated/α-hetero) is 1. The van der Waals surface area contributed by atoms with E-state index >= 15 is 0 Å². The summed E-state index contributed by atoms with van der Waals surface area (Å²) in [6, 6.07) is -0.929. The van der Waals surface area contributed by atoms with Gasteiger partial charge < -0.3 is 34.8 Å². The number of aliphatic hydroxyl groups excluding tert-OH is 3. The van der Waals surface area contributed by atoms with Gasteiger partial charge in [-0.05, 0) is 77.0 Å². The van der Waals surface area contributed by atoms with Gasteiger partial charge in [0.2, 0.25) is 5.79 Å². The number of carbonyl (C=O) groups is 3. The lowest BCUT2D eigenvalue weighted by Gasteiger charge is -2.41. The average Bonchev–Trinajstić information content (AvgIpc) is 2.85. The van der Waals surface area contributed by atoms with Gasteiger partial charge >= 0.3 is 5.97 Å². The zero-order valence-electron chi connectivity index (χ0n) is 21.8. The summed E-state index contributed by atoms with van der Waals surface area (Å²) in [6.45, 7) is 7.25. The van der Waals surface area contributed by atoms with Crippen molar-refractivity contribution in [2.24, 2.45) is 17.8 Å². The number of ketones is 1. The number of nitrogens with zero attached hydrogens (tertiary/aromatic N) is 1. The summed E-state index contributed by atoms with van der Waals surface area (Å²) in [5.74, 6) is -5.71. The first-order valence-corrected chi connectivity index (χ1v) is 13.4. The van der Waals surface area contributed by atoms with Crippen molar-refractivity contribution in [2.75, 3.05) is 6.54 Å². The van der Waals surface area contributed by atoms with Crippen molar-refractivity contribution in [1.82, 2.24) is 4.90 Å². The van der Waals surface area contributed by atoms with Crippen molar-refractivity contribution in [1.29, 1.82) is 0 Å². The number of likely N-dealkylation sites (tertiary alicyclic amines) is 1. The molecule has 0 spiro atoms. The van der Waals surface area contributed by atoms with E-state index in [0.29, 0.717) is 51.4 Å². The summed E-state index contributed by atoms with van der Waals surface area (Å²) in [5.41, 5.74) is 0. The van der Waals surface area contributed by atoms with E-state index in [-0.39, 0.29) is 24.5 Å². The smallest absolute Gasteiger partial charge is 0.329 e. The van der Waals surface area contributed by atoms with Gasteiger partial charge in [0.05, 0.1) is 18.3 Å². The van der Waals surface area contributed by atoms with Gasteiger partial charge in [0.15, 0.2) is 0 Å². The van der Waals surface area contributed by atoms with Gasteiger partial charge in [0.25, 0.3) is 11.7 Å². The zero-order chi connectivity index (χ0) is 26.8. The number of rotatable bonds is 7. The zero-order valence-corrected chi connectivity index (χ0v) is 21.8. The molecule has 0 aromatic carbocycles. The second-order valence-electron chi connectivity index (χ2n) is 11.2. The van der Waals surface area contributed by atoms with Crippen LogP contribution in [0.4, 0.5) is 0 Å². The van der Waals surface area contributed by atoms with Crippen LogP contribution < -0.4 is 0 Å². The highest BCUT2D eigenvalue weighted by atomic mass is 16.6. The molecule has 3 aliphatic rings. The number of carbonyl (C=O) groups excluding carboxylic acids is 3. The molecular weight excluding hydrogens is 470 g/mol. The van der Waals surface area contributed by atoms with Crippen LogP contribution in [-0.2, 0) is 23.9 Å². The maximum atomic E-state index is 13.2. The van der Waals surface area contributed by atoms with Crippen molar-refractivity contribution < 1.29 is 44.3 Å². The third-order valence-electron chi connectivity index (χ3n) is 8.45. The first-order valence-electron chi connectivity index (χ1n) is 13.4. The van der Waals surface area contributed by atoms with Crippen molar-refractivity contribution in [3.63, 3.8) is 0 Å². The Morgan fingerprint density at radius 1 is 1.00 bits per heavy atom. The summed E-state index contributed by atoms with van der Waals surface area (Å²) in [4.78, 5) is 40.6. The molecule has 1 aliphatic carbocycles. The fourth-order valence-electron chi connectivity index (χ4n) is 5.68. The molecule has 10 atom stereocenters. The Morgan fingerprint density at radius 3 is 2.39 bits per heavy atom. The highest BCUT2D eigenvalue weighted by Gasteiger charge is 2.52. The lowest BCUT2D eigenvalue weighted by molar-refractivity contribution is -0.259. The number of piperidine rings is 1. The molecule has 0 radical (unpaired) electrons. The van der Waals surface area contributed by atoms with E-state index in [1.807, 2.05) is 6.92 Å². The molecule has 2 aliphatic heterocycles. The van der Waals surface area contributed by atoms with Crippen molar-refractivity contribution in [2.45, 2.75) is 121 Å². The molecule has 2 saturated heterocycles. The van der Waals surface area contributed by atoms with E-state index in [4.69, 9.17) is 9.47 Å². The SMILES string of the molecule is CC1CC[C@@H](C)[C@](O)(C(=O)C(=O)N2CCCC[C@H]2C(=O)O[C@@H](C)[C@H](C)C[C@@H]2CC[C@@H](O)[C@H](O)[C@H]2O)O1. The Balaban J connectivity index is 1.63. The summed E-state index contributed by atoms with van der Waals surface area (Å²) < 4.78 is 11.2. The maximum Gasteiger partial charge on any atom is 0.329 e. The van der Waals surface area contributed by atoms with Gasteiger partial charge in [-0.1, -0.05) is 13.8 Å².